The molecule has 0 radical (unpaired) electrons. The zero-order valence-electron chi connectivity index (χ0n) is 6.76. The van der Waals surface area contributed by atoms with Crippen LogP contribution in [0.3, 0.4) is 0 Å². The van der Waals surface area contributed by atoms with E-state index in [4.69, 9.17) is 0 Å². The average molecular weight is 154 g/mol. The lowest BCUT2D eigenvalue weighted by atomic mass is 10.0. The highest BCUT2D eigenvalue weighted by atomic mass is 16.1. The van der Waals surface area contributed by atoms with Gasteiger partial charge in [0.1, 0.15) is 5.78 Å². The topological polar surface area (TPSA) is 41.1 Å². The fraction of sp³-hybridized carbons (Fsp3) is 0.875. The molecule has 0 aromatic carbocycles. The average Bonchev–Trinajstić information content (AvgIpc) is 2.40. The Hall–Kier alpha value is -0.410. The minimum atomic E-state index is 0.145. The van der Waals surface area contributed by atoms with Gasteiger partial charge < -0.3 is 10.6 Å². The number of hydrogen-bond donors (Lipinski definition) is 2. The van der Waals surface area contributed by atoms with Gasteiger partial charge in [-0.15, -0.1) is 0 Å². The maximum absolute atomic E-state index is 11.0. The lowest BCUT2D eigenvalue weighted by Crippen LogP contribution is -2.37. The van der Waals surface area contributed by atoms with Crippen LogP contribution in [0.4, 0.5) is 0 Å². The lowest BCUT2D eigenvalue weighted by molar-refractivity contribution is -0.118. The van der Waals surface area contributed by atoms with Gasteiger partial charge in [-0.05, 0) is 25.8 Å². The van der Waals surface area contributed by atoms with Crippen LogP contribution < -0.4 is 10.6 Å². The van der Waals surface area contributed by atoms with Crippen LogP contribution in [-0.4, -0.2) is 31.0 Å². The van der Waals surface area contributed by atoms with Crippen molar-refractivity contribution in [3.63, 3.8) is 0 Å². The van der Waals surface area contributed by atoms with Crippen molar-refractivity contribution < 1.29 is 4.79 Å². The predicted octanol–water partition coefficient (Wildman–Crippen LogP) is -0.475. The summed E-state index contributed by atoms with van der Waals surface area (Å²) in [5.74, 6) is 0.989. The summed E-state index contributed by atoms with van der Waals surface area (Å²) in [7, 11) is 0. The van der Waals surface area contributed by atoms with Crippen molar-refractivity contribution in [3.05, 3.63) is 0 Å². The Bertz CT molecular complexity index is 169. The number of Topliss-reactive ketones (excluding diaryl/α,β-unsaturated/α-hetero) is 1. The van der Waals surface area contributed by atoms with Gasteiger partial charge in [-0.25, -0.2) is 0 Å². The zero-order valence-corrected chi connectivity index (χ0v) is 6.76. The van der Waals surface area contributed by atoms with Crippen LogP contribution in [0.25, 0.3) is 0 Å². The van der Waals surface area contributed by atoms with Gasteiger partial charge in [0.15, 0.2) is 0 Å². The van der Waals surface area contributed by atoms with Gasteiger partial charge in [0.2, 0.25) is 0 Å². The van der Waals surface area contributed by atoms with E-state index in [1.807, 2.05) is 0 Å². The molecule has 2 N–H and O–H groups in total. The molecule has 0 saturated carbocycles. The summed E-state index contributed by atoms with van der Waals surface area (Å²) in [4.78, 5) is 11.0. The van der Waals surface area contributed by atoms with Gasteiger partial charge >= 0.3 is 0 Å². The van der Waals surface area contributed by atoms with Crippen molar-refractivity contribution in [3.8, 4) is 0 Å². The van der Waals surface area contributed by atoms with Gasteiger partial charge in [0, 0.05) is 12.6 Å². The Kier molecular flexibility index (Phi) is 1.69. The smallest absolute Gasteiger partial charge is 0.146 e. The molecule has 2 aliphatic rings. The molecule has 2 rings (SSSR count). The van der Waals surface area contributed by atoms with Gasteiger partial charge in [-0.1, -0.05) is 0 Å². The largest absolute Gasteiger partial charge is 0.315 e. The first-order valence-electron chi connectivity index (χ1n) is 4.24. The molecule has 0 amide bonds. The molecule has 0 bridgehead atoms. The first kappa shape index (κ1) is 7.25. The van der Waals surface area contributed by atoms with Crippen molar-refractivity contribution >= 4 is 5.78 Å². The van der Waals surface area contributed by atoms with E-state index < -0.39 is 0 Å². The standard InChI is InChI=1S/C8H14N2O/c1-5(11)7-2-6-3-9-4-8(6)10-7/h6-10H,2-4H2,1H3. The highest BCUT2D eigenvalue weighted by molar-refractivity contribution is 5.81. The van der Waals surface area contributed by atoms with Gasteiger partial charge in [0.25, 0.3) is 0 Å². The second-order valence-corrected chi connectivity index (χ2v) is 3.59. The summed E-state index contributed by atoms with van der Waals surface area (Å²) in [6.07, 6.45) is 1.03. The number of carbonyl (C=O) groups is 1. The Morgan fingerprint density at radius 2 is 2.27 bits per heavy atom. The minimum Gasteiger partial charge on any atom is -0.315 e. The van der Waals surface area contributed by atoms with Crippen LogP contribution in [0.15, 0.2) is 0 Å². The van der Waals surface area contributed by atoms with Crippen molar-refractivity contribution in [2.45, 2.75) is 25.4 Å². The quantitative estimate of drug-likeness (QED) is 0.536. The Labute approximate surface area is 66.5 Å². The second kappa shape index (κ2) is 2.57. The van der Waals surface area contributed by atoms with E-state index in [0.717, 1.165) is 19.5 Å². The highest BCUT2D eigenvalue weighted by Gasteiger charge is 2.38. The molecule has 0 aliphatic carbocycles. The van der Waals surface area contributed by atoms with Crippen molar-refractivity contribution in [2.75, 3.05) is 13.1 Å². The number of ketones is 1. The van der Waals surface area contributed by atoms with Crippen molar-refractivity contribution in [1.29, 1.82) is 0 Å². The summed E-state index contributed by atoms with van der Waals surface area (Å²) in [6, 6.07) is 0.705. The van der Waals surface area contributed by atoms with Crippen LogP contribution in [0, 0.1) is 5.92 Å². The number of hydrogen-bond acceptors (Lipinski definition) is 3. The van der Waals surface area contributed by atoms with E-state index in [1.54, 1.807) is 6.92 Å². The molecular formula is C8H14N2O. The second-order valence-electron chi connectivity index (χ2n) is 3.59. The van der Waals surface area contributed by atoms with E-state index in [1.165, 1.54) is 0 Å². The maximum Gasteiger partial charge on any atom is 0.146 e. The third-order valence-corrected chi connectivity index (χ3v) is 2.78. The third-order valence-electron chi connectivity index (χ3n) is 2.78. The highest BCUT2D eigenvalue weighted by Crippen LogP contribution is 2.23. The molecular weight excluding hydrogens is 140 g/mol. The predicted molar refractivity (Wildman–Crippen MR) is 42.4 cm³/mol. The summed E-state index contributed by atoms with van der Waals surface area (Å²) in [6.45, 7) is 3.79. The Morgan fingerprint density at radius 3 is 2.91 bits per heavy atom. The van der Waals surface area contributed by atoms with Gasteiger partial charge in [-0.3, -0.25) is 4.79 Å². The summed E-state index contributed by atoms with van der Waals surface area (Å²) in [5, 5.41) is 6.65. The van der Waals surface area contributed by atoms with Gasteiger partial charge in [-0.2, -0.15) is 0 Å². The number of carbonyl (C=O) groups excluding carboxylic acids is 1. The van der Waals surface area contributed by atoms with E-state index in [9.17, 15) is 4.79 Å². The molecule has 2 fully saturated rings. The molecule has 2 heterocycles. The molecule has 11 heavy (non-hydrogen) atoms. The van der Waals surface area contributed by atoms with Gasteiger partial charge in [0.05, 0.1) is 6.04 Å². The molecule has 3 atom stereocenters. The minimum absolute atomic E-state index is 0.145. The molecule has 3 heteroatoms. The van der Waals surface area contributed by atoms with E-state index in [2.05, 4.69) is 10.6 Å². The zero-order chi connectivity index (χ0) is 7.84. The first-order chi connectivity index (χ1) is 5.27. The number of fused-ring (bicyclic) bond motifs is 1. The van der Waals surface area contributed by atoms with Crippen LogP contribution in [0.5, 0.6) is 0 Å². The first-order valence-corrected chi connectivity index (χ1v) is 4.24. The summed E-state index contributed by atoms with van der Waals surface area (Å²) in [5.41, 5.74) is 0. The van der Waals surface area contributed by atoms with Crippen LogP contribution in [-0.2, 0) is 4.79 Å². The molecule has 2 saturated heterocycles. The van der Waals surface area contributed by atoms with Crippen LogP contribution in [0.1, 0.15) is 13.3 Å². The third kappa shape index (κ3) is 1.19. The molecule has 3 nitrogen and oxygen atoms in total. The van der Waals surface area contributed by atoms with Crippen molar-refractivity contribution in [1.82, 2.24) is 10.6 Å². The lowest BCUT2D eigenvalue weighted by Gasteiger charge is -2.08. The fourth-order valence-electron chi connectivity index (χ4n) is 2.09. The van der Waals surface area contributed by atoms with Crippen LogP contribution >= 0.6 is 0 Å². The Balaban J connectivity index is 1.99. The van der Waals surface area contributed by atoms with E-state index >= 15 is 0 Å². The van der Waals surface area contributed by atoms with Crippen molar-refractivity contribution in [2.24, 2.45) is 5.92 Å². The normalized spacial score (nSPS) is 42.5. The number of rotatable bonds is 1. The maximum atomic E-state index is 11.0. The fourth-order valence-corrected chi connectivity index (χ4v) is 2.09. The van der Waals surface area contributed by atoms with Crippen LogP contribution in [0.2, 0.25) is 0 Å². The summed E-state index contributed by atoms with van der Waals surface area (Å²) >= 11 is 0. The molecule has 62 valence electrons. The monoisotopic (exact) mass is 154 g/mol. The summed E-state index contributed by atoms with van der Waals surface area (Å²) < 4.78 is 0. The molecule has 0 aromatic heterocycles. The SMILES string of the molecule is CC(=O)C1CC2CNCC2N1. The molecule has 0 aromatic rings. The molecule has 2 aliphatic heterocycles. The Morgan fingerprint density at radius 1 is 1.45 bits per heavy atom. The number of nitrogens with one attached hydrogen (secondary N) is 2. The molecule has 0 spiro atoms. The van der Waals surface area contributed by atoms with E-state index in [-0.39, 0.29) is 6.04 Å². The van der Waals surface area contributed by atoms with E-state index in [0.29, 0.717) is 17.7 Å². The molecule has 3 unspecified atom stereocenters.